The van der Waals surface area contributed by atoms with Gasteiger partial charge in [0.05, 0.1) is 7.11 Å². The number of anilines is 1. The van der Waals surface area contributed by atoms with Crippen LogP contribution in [0.4, 0.5) is 10.5 Å². The van der Waals surface area contributed by atoms with Crippen LogP contribution in [-0.2, 0) is 10.1 Å². The lowest BCUT2D eigenvalue weighted by molar-refractivity contribution is 0.219. The summed E-state index contributed by atoms with van der Waals surface area (Å²) in [5.41, 5.74) is 0.680. The summed E-state index contributed by atoms with van der Waals surface area (Å²) in [6, 6.07) is 12.5. The van der Waals surface area contributed by atoms with Gasteiger partial charge in [-0.05, 0) is 55.0 Å². The van der Waals surface area contributed by atoms with E-state index in [0.29, 0.717) is 24.5 Å². The molecule has 1 saturated heterocycles. The minimum atomic E-state index is -3.97. The summed E-state index contributed by atoms with van der Waals surface area (Å²) in [7, 11) is -2.44. The van der Waals surface area contributed by atoms with E-state index in [4.69, 9.17) is 8.92 Å². The van der Waals surface area contributed by atoms with Crippen LogP contribution in [0.25, 0.3) is 0 Å². The molecule has 0 aliphatic carbocycles. The quantitative estimate of drug-likeness (QED) is 0.414. The van der Waals surface area contributed by atoms with E-state index in [2.05, 4.69) is 6.92 Å². The molecule has 2 aromatic carbocycles. The molecule has 0 radical (unpaired) electrons. The van der Waals surface area contributed by atoms with Gasteiger partial charge >= 0.3 is 16.1 Å². The Morgan fingerprint density at radius 3 is 2.20 bits per heavy atom. The van der Waals surface area contributed by atoms with Crippen molar-refractivity contribution in [3.8, 4) is 11.5 Å². The van der Waals surface area contributed by atoms with Crippen molar-refractivity contribution >= 4 is 21.8 Å². The minimum absolute atomic E-state index is 0.0309. The molecule has 0 spiro atoms. The van der Waals surface area contributed by atoms with Gasteiger partial charge in [0.1, 0.15) is 16.4 Å². The molecule has 1 heterocycles. The van der Waals surface area contributed by atoms with E-state index in [1.807, 2.05) is 4.90 Å². The molecule has 7 nitrogen and oxygen atoms in total. The van der Waals surface area contributed by atoms with Crippen molar-refractivity contribution in [1.29, 1.82) is 0 Å². The van der Waals surface area contributed by atoms with Crippen molar-refractivity contribution in [2.45, 2.75) is 37.5 Å². The Labute approximate surface area is 178 Å². The molecule has 1 aliphatic rings. The summed E-state index contributed by atoms with van der Waals surface area (Å²) in [5.74, 6) is 0.812. The molecule has 2 aromatic rings. The molecule has 3 rings (SSSR count). The molecular formula is C22H28N2O5S. The normalized spacial score (nSPS) is 14.3. The van der Waals surface area contributed by atoms with Crippen molar-refractivity contribution in [2.75, 3.05) is 31.6 Å². The van der Waals surface area contributed by atoms with Crippen molar-refractivity contribution < 1.29 is 22.1 Å². The van der Waals surface area contributed by atoms with Gasteiger partial charge in [0.25, 0.3) is 0 Å². The molecule has 1 fully saturated rings. The maximum absolute atomic E-state index is 12.6. The Morgan fingerprint density at radius 1 is 0.900 bits per heavy atom. The van der Waals surface area contributed by atoms with Gasteiger partial charge in [-0.25, -0.2) is 4.79 Å². The molecule has 2 amide bonds. The fraction of sp³-hybridized carbons (Fsp3) is 0.409. The van der Waals surface area contributed by atoms with Crippen molar-refractivity contribution in [1.82, 2.24) is 4.90 Å². The Hall–Kier alpha value is -2.74. The van der Waals surface area contributed by atoms with E-state index in [1.54, 1.807) is 29.2 Å². The van der Waals surface area contributed by atoms with E-state index >= 15 is 0 Å². The number of rotatable bonds is 10. The van der Waals surface area contributed by atoms with Gasteiger partial charge in [-0.3, -0.25) is 4.90 Å². The third-order valence-corrected chi connectivity index (χ3v) is 6.34. The number of amides is 2. The molecule has 8 heteroatoms. The van der Waals surface area contributed by atoms with Crippen LogP contribution in [0.15, 0.2) is 53.4 Å². The molecule has 0 aromatic heterocycles. The summed E-state index contributed by atoms with van der Waals surface area (Å²) >= 11 is 0. The summed E-state index contributed by atoms with van der Waals surface area (Å²) < 4.78 is 35.3. The summed E-state index contributed by atoms with van der Waals surface area (Å²) in [5, 5.41) is 0. The lowest BCUT2D eigenvalue weighted by atomic mass is 10.2. The zero-order chi connectivity index (χ0) is 21.6. The van der Waals surface area contributed by atoms with Gasteiger partial charge in [0.15, 0.2) is 0 Å². The zero-order valence-electron chi connectivity index (χ0n) is 17.4. The Bertz CT molecular complexity index is 942. The predicted molar refractivity (Wildman–Crippen MR) is 116 cm³/mol. The Kier molecular flexibility index (Phi) is 7.20. The lowest BCUT2D eigenvalue weighted by Crippen LogP contribution is -2.32. The first kappa shape index (κ1) is 22.0. The van der Waals surface area contributed by atoms with E-state index in [9.17, 15) is 13.2 Å². The number of ether oxygens (including phenoxy) is 1. The van der Waals surface area contributed by atoms with Crippen molar-refractivity contribution in [3.05, 3.63) is 48.5 Å². The number of hydrogen-bond acceptors (Lipinski definition) is 5. The lowest BCUT2D eigenvalue weighted by Gasteiger charge is -2.19. The van der Waals surface area contributed by atoms with Crippen LogP contribution in [-0.4, -0.2) is 46.1 Å². The maximum Gasteiger partial charge on any atom is 0.339 e. The zero-order valence-corrected chi connectivity index (χ0v) is 18.2. The molecule has 1 aliphatic heterocycles. The molecular weight excluding hydrogens is 404 g/mol. The second-order valence-electron chi connectivity index (χ2n) is 7.19. The number of urea groups is 1. The number of methoxy groups -OCH3 is 1. The van der Waals surface area contributed by atoms with Gasteiger partial charge < -0.3 is 13.8 Å². The fourth-order valence-corrected chi connectivity index (χ4v) is 4.29. The highest BCUT2D eigenvalue weighted by Crippen LogP contribution is 2.25. The number of carbonyl (C=O) groups is 1. The Morgan fingerprint density at radius 2 is 1.57 bits per heavy atom. The van der Waals surface area contributed by atoms with Crippen LogP contribution < -0.4 is 13.8 Å². The second kappa shape index (κ2) is 9.84. The van der Waals surface area contributed by atoms with Gasteiger partial charge in [-0.15, -0.1) is 0 Å². The molecule has 0 atom stereocenters. The topological polar surface area (TPSA) is 76.2 Å². The predicted octanol–water partition coefficient (Wildman–Crippen LogP) is 4.29. The fourth-order valence-electron chi connectivity index (χ4n) is 3.36. The highest BCUT2D eigenvalue weighted by Gasteiger charge is 2.29. The molecule has 162 valence electrons. The second-order valence-corrected chi connectivity index (χ2v) is 8.74. The summed E-state index contributed by atoms with van der Waals surface area (Å²) in [4.78, 5) is 16.2. The molecule has 0 N–H and O–H groups in total. The largest absolute Gasteiger partial charge is 0.497 e. The van der Waals surface area contributed by atoms with Crippen molar-refractivity contribution in [3.63, 3.8) is 0 Å². The van der Waals surface area contributed by atoms with Gasteiger partial charge in [0, 0.05) is 25.3 Å². The van der Waals surface area contributed by atoms with Gasteiger partial charge in [0.2, 0.25) is 0 Å². The smallest absolute Gasteiger partial charge is 0.339 e. The summed E-state index contributed by atoms with van der Waals surface area (Å²) in [6.07, 6.45) is 4.48. The minimum Gasteiger partial charge on any atom is -0.497 e. The van der Waals surface area contributed by atoms with E-state index < -0.39 is 10.1 Å². The first-order valence-corrected chi connectivity index (χ1v) is 11.6. The SMILES string of the molecule is CCCCCCN1CCN(c2ccc(S(=O)(=O)Oc3ccc(OC)cc3)cc2)C1=O. The third kappa shape index (κ3) is 5.24. The highest BCUT2D eigenvalue weighted by molar-refractivity contribution is 7.87. The van der Waals surface area contributed by atoms with E-state index in [1.165, 1.54) is 37.8 Å². The highest BCUT2D eigenvalue weighted by atomic mass is 32.2. The molecule has 0 bridgehead atoms. The summed E-state index contributed by atoms with van der Waals surface area (Å²) in [6.45, 7) is 4.21. The molecule has 30 heavy (non-hydrogen) atoms. The average molecular weight is 433 g/mol. The standard InChI is InChI=1S/C22H28N2O5S/c1-3-4-5-6-15-23-16-17-24(22(23)25)18-7-13-21(14-8-18)30(26,27)29-20-11-9-19(28-2)10-12-20/h7-14H,3-6,15-17H2,1-2H3. The number of nitrogens with zero attached hydrogens (tertiary/aromatic N) is 2. The molecule has 0 saturated carbocycles. The number of carbonyl (C=O) groups excluding carboxylic acids is 1. The first-order chi connectivity index (χ1) is 14.4. The van der Waals surface area contributed by atoms with Crippen LogP contribution in [0.2, 0.25) is 0 Å². The van der Waals surface area contributed by atoms with Crippen LogP contribution in [0.1, 0.15) is 32.6 Å². The van der Waals surface area contributed by atoms with Gasteiger partial charge in [-0.1, -0.05) is 26.2 Å². The van der Waals surface area contributed by atoms with Crippen molar-refractivity contribution in [2.24, 2.45) is 0 Å². The van der Waals surface area contributed by atoms with Crippen LogP contribution >= 0.6 is 0 Å². The average Bonchev–Trinajstić information content (AvgIpc) is 3.12. The van der Waals surface area contributed by atoms with Gasteiger partial charge in [-0.2, -0.15) is 8.42 Å². The monoisotopic (exact) mass is 432 g/mol. The maximum atomic E-state index is 12.6. The van der Waals surface area contributed by atoms with Crippen LogP contribution in [0.5, 0.6) is 11.5 Å². The third-order valence-electron chi connectivity index (χ3n) is 5.08. The Balaban J connectivity index is 1.63. The first-order valence-electron chi connectivity index (χ1n) is 10.2. The van der Waals surface area contributed by atoms with E-state index in [-0.39, 0.29) is 16.7 Å². The number of benzene rings is 2. The van der Waals surface area contributed by atoms with Crippen LogP contribution in [0.3, 0.4) is 0 Å². The number of hydrogen-bond donors (Lipinski definition) is 0. The van der Waals surface area contributed by atoms with Crippen LogP contribution in [0, 0.1) is 0 Å². The molecule has 0 unspecified atom stereocenters. The van der Waals surface area contributed by atoms with E-state index in [0.717, 1.165) is 25.8 Å². The number of unbranched alkanes of at least 4 members (excludes halogenated alkanes) is 3.